The number of nitrogens with zero attached hydrogens (tertiary/aromatic N) is 2. The van der Waals surface area contributed by atoms with E-state index in [0.717, 1.165) is 62.5 Å². The van der Waals surface area contributed by atoms with E-state index in [1.807, 2.05) is 18.5 Å². The van der Waals surface area contributed by atoms with Crippen molar-refractivity contribution in [3.05, 3.63) is 48.3 Å². The third-order valence-corrected chi connectivity index (χ3v) is 5.85. The molecule has 1 saturated carbocycles. The Bertz CT molecular complexity index is 739. The van der Waals surface area contributed by atoms with E-state index in [9.17, 15) is 0 Å². The lowest BCUT2D eigenvalue weighted by atomic mass is 10.0. The van der Waals surface area contributed by atoms with Crippen LogP contribution in [0, 0.1) is 0 Å². The molecule has 2 fully saturated rings. The molecule has 1 N–H and O–H groups in total. The number of rotatable bonds is 7. The minimum Gasteiger partial charge on any atom is -0.493 e. The molecular formula is C23H31N3O2. The molecule has 0 amide bonds. The first-order valence-corrected chi connectivity index (χ1v) is 10.5. The summed E-state index contributed by atoms with van der Waals surface area (Å²) in [6.07, 6.45) is 11.2. The van der Waals surface area contributed by atoms with Gasteiger partial charge in [-0.2, -0.15) is 0 Å². The molecule has 0 spiro atoms. The summed E-state index contributed by atoms with van der Waals surface area (Å²) in [4.78, 5) is 6.72. The van der Waals surface area contributed by atoms with Gasteiger partial charge in [-0.15, -0.1) is 0 Å². The van der Waals surface area contributed by atoms with E-state index in [2.05, 4.69) is 39.5 Å². The molecule has 28 heavy (non-hydrogen) atoms. The number of ether oxygens (including phenoxy) is 2. The van der Waals surface area contributed by atoms with Crippen molar-refractivity contribution in [2.75, 3.05) is 25.5 Å². The van der Waals surface area contributed by atoms with E-state index in [-0.39, 0.29) is 0 Å². The van der Waals surface area contributed by atoms with E-state index in [0.29, 0.717) is 12.1 Å². The lowest BCUT2D eigenvalue weighted by Crippen LogP contribution is -2.38. The van der Waals surface area contributed by atoms with Gasteiger partial charge >= 0.3 is 0 Å². The molecule has 0 unspecified atom stereocenters. The molecule has 1 aliphatic carbocycles. The topological polar surface area (TPSA) is 46.6 Å². The van der Waals surface area contributed by atoms with Gasteiger partial charge in [0.15, 0.2) is 11.5 Å². The zero-order valence-electron chi connectivity index (χ0n) is 16.8. The maximum atomic E-state index is 6.25. The van der Waals surface area contributed by atoms with Crippen LogP contribution in [0.5, 0.6) is 11.5 Å². The van der Waals surface area contributed by atoms with Crippen LogP contribution in [0.1, 0.15) is 44.1 Å². The molecular weight excluding hydrogens is 350 g/mol. The molecule has 1 aromatic heterocycles. The van der Waals surface area contributed by atoms with Gasteiger partial charge in [0.2, 0.25) is 0 Å². The van der Waals surface area contributed by atoms with Crippen molar-refractivity contribution in [1.82, 2.24) is 9.88 Å². The fourth-order valence-electron chi connectivity index (χ4n) is 4.27. The van der Waals surface area contributed by atoms with Crippen LogP contribution in [0.3, 0.4) is 0 Å². The molecule has 150 valence electrons. The molecule has 2 aromatic rings. The van der Waals surface area contributed by atoms with Crippen LogP contribution in [-0.4, -0.2) is 42.2 Å². The van der Waals surface area contributed by atoms with Crippen LogP contribution in [0.2, 0.25) is 0 Å². The van der Waals surface area contributed by atoms with Crippen LogP contribution < -0.4 is 14.8 Å². The Morgan fingerprint density at radius 2 is 1.89 bits per heavy atom. The Kier molecular flexibility index (Phi) is 6.32. The summed E-state index contributed by atoms with van der Waals surface area (Å²) in [6, 6.07) is 11.0. The number of benzene rings is 1. The zero-order chi connectivity index (χ0) is 19.2. The van der Waals surface area contributed by atoms with Crippen molar-refractivity contribution in [1.29, 1.82) is 0 Å². The number of piperidine rings is 1. The summed E-state index contributed by atoms with van der Waals surface area (Å²) in [5, 5.41) is 3.60. The maximum Gasteiger partial charge on any atom is 0.161 e. The van der Waals surface area contributed by atoms with Crippen molar-refractivity contribution in [2.24, 2.45) is 0 Å². The number of anilines is 1. The first kappa shape index (κ1) is 19.1. The van der Waals surface area contributed by atoms with E-state index in [1.165, 1.54) is 18.4 Å². The van der Waals surface area contributed by atoms with Crippen molar-refractivity contribution >= 4 is 5.69 Å². The standard InChI is InChI=1S/C23H31N3O2/c1-27-22-9-8-18(15-23(22)28-21-6-2-3-7-21)17-26-13-10-19(11-14-26)25-20-5-4-12-24-16-20/h4-5,8-9,12,15-16,19,21,25H,2-3,6-7,10-11,13-14,17H2,1H3. The first-order chi connectivity index (χ1) is 13.8. The summed E-state index contributed by atoms with van der Waals surface area (Å²) < 4.78 is 11.8. The largest absolute Gasteiger partial charge is 0.493 e. The van der Waals surface area contributed by atoms with Crippen LogP contribution in [0.25, 0.3) is 0 Å². The minimum atomic E-state index is 0.346. The zero-order valence-corrected chi connectivity index (χ0v) is 16.8. The minimum absolute atomic E-state index is 0.346. The average Bonchev–Trinajstić information content (AvgIpc) is 3.24. The number of pyridine rings is 1. The fraction of sp³-hybridized carbons (Fsp3) is 0.522. The van der Waals surface area contributed by atoms with Crippen LogP contribution in [0.15, 0.2) is 42.7 Å². The fourth-order valence-corrected chi connectivity index (χ4v) is 4.27. The van der Waals surface area contributed by atoms with Crippen molar-refractivity contribution in [2.45, 2.75) is 57.2 Å². The van der Waals surface area contributed by atoms with Crippen LogP contribution in [-0.2, 0) is 6.54 Å². The number of likely N-dealkylation sites (tertiary alicyclic amines) is 1. The van der Waals surface area contributed by atoms with Crippen molar-refractivity contribution in [3.8, 4) is 11.5 Å². The average molecular weight is 382 g/mol. The van der Waals surface area contributed by atoms with Gasteiger partial charge in [0.25, 0.3) is 0 Å². The van der Waals surface area contributed by atoms with Gasteiger partial charge in [0.05, 0.1) is 18.9 Å². The Morgan fingerprint density at radius 1 is 1.07 bits per heavy atom. The monoisotopic (exact) mass is 381 g/mol. The van der Waals surface area contributed by atoms with E-state index < -0.39 is 0 Å². The molecule has 0 bridgehead atoms. The predicted octanol–water partition coefficient (Wildman–Crippen LogP) is 4.49. The molecule has 2 aliphatic rings. The van der Waals surface area contributed by atoms with Crippen molar-refractivity contribution in [3.63, 3.8) is 0 Å². The second-order valence-corrected chi connectivity index (χ2v) is 7.95. The second-order valence-electron chi connectivity index (χ2n) is 7.95. The van der Waals surface area contributed by atoms with Gasteiger partial charge in [-0.05, 0) is 68.4 Å². The highest BCUT2D eigenvalue weighted by molar-refractivity contribution is 5.43. The molecule has 2 heterocycles. The predicted molar refractivity (Wildman–Crippen MR) is 112 cm³/mol. The molecule has 0 atom stereocenters. The van der Waals surface area contributed by atoms with Crippen LogP contribution >= 0.6 is 0 Å². The highest BCUT2D eigenvalue weighted by Gasteiger charge is 2.21. The van der Waals surface area contributed by atoms with Gasteiger partial charge in [0, 0.05) is 38.1 Å². The second kappa shape index (κ2) is 9.28. The molecule has 4 rings (SSSR count). The highest BCUT2D eigenvalue weighted by atomic mass is 16.5. The number of hydrogen-bond donors (Lipinski definition) is 1. The third-order valence-electron chi connectivity index (χ3n) is 5.85. The number of aromatic nitrogens is 1. The summed E-state index contributed by atoms with van der Waals surface area (Å²) in [5.41, 5.74) is 2.41. The molecule has 1 aromatic carbocycles. The lowest BCUT2D eigenvalue weighted by Gasteiger charge is -2.33. The maximum absolute atomic E-state index is 6.25. The van der Waals surface area contributed by atoms with Gasteiger partial charge < -0.3 is 14.8 Å². The SMILES string of the molecule is COc1ccc(CN2CCC(Nc3cccnc3)CC2)cc1OC1CCCC1. The lowest BCUT2D eigenvalue weighted by molar-refractivity contribution is 0.197. The van der Waals surface area contributed by atoms with E-state index >= 15 is 0 Å². The van der Waals surface area contributed by atoms with E-state index in [1.54, 1.807) is 7.11 Å². The van der Waals surface area contributed by atoms with Gasteiger partial charge in [-0.25, -0.2) is 0 Å². The number of nitrogens with one attached hydrogen (secondary N) is 1. The quantitative estimate of drug-likeness (QED) is 0.766. The van der Waals surface area contributed by atoms with Crippen LogP contribution in [0.4, 0.5) is 5.69 Å². The molecule has 1 saturated heterocycles. The summed E-state index contributed by atoms with van der Waals surface area (Å²) in [5.74, 6) is 1.75. The summed E-state index contributed by atoms with van der Waals surface area (Å²) in [6.45, 7) is 3.16. The molecule has 5 nitrogen and oxygen atoms in total. The van der Waals surface area contributed by atoms with Gasteiger partial charge in [-0.3, -0.25) is 9.88 Å². The van der Waals surface area contributed by atoms with Crippen molar-refractivity contribution < 1.29 is 9.47 Å². The summed E-state index contributed by atoms with van der Waals surface area (Å²) >= 11 is 0. The molecule has 5 heteroatoms. The first-order valence-electron chi connectivity index (χ1n) is 10.5. The van der Waals surface area contributed by atoms with Gasteiger partial charge in [-0.1, -0.05) is 6.07 Å². The van der Waals surface area contributed by atoms with E-state index in [4.69, 9.17) is 9.47 Å². The highest BCUT2D eigenvalue weighted by Crippen LogP contribution is 2.33. The Hall–Kier alpha value is -2.27. The molecule has 0 radical (unpaired) electrons. The normalized spacial score (nSPS) is 18.9. The Labute approximate surface area is 168 Å². The smallest absolute Gasteiger partial charge is 0.161 e. The number of methoxy groups -OCH3 is 1. The third kappa shape index (κ3) is 4.96. The summed E-state index contributed by atoms with van der Waals surface area (Å²) in [7, 11) is 1.72. The van der Waals surface area contributed by atoms with Gasteiger partial charge in [0.1, 0.15) is 0 Å². The molecule has 1 aliphatic heterocycles. The Balaban J connectivity index is 1.31. The number of hydrogen-bond acceptors (Lipinski definition) is 5. The Morgan fingerprint density at radius 3 is 2.61 bits per heavy atom.